The molecule has 0 bridgehead atoms. The van der Waals surface area contributed by atoms with Crippen molar-refractivity contribution in [2.45, 2.75) is 38.5 Å². The summed E-state index contributed by atoms with van der Waals surface area (Å²) in [6.07, 6.45) is 7.14. The number of pyridine rings is 1. The van der Waals surface area contributed by atoms with Gasteiger partial charge >= 0.3 is 6.09 Å². The number of hydrogen-bond acceptors (Lipinski definition) is 2. The van der Waals surface area contributed by atoms with E-state index in [0.717, 1.165) is 37.9 Å². The van der Waals surface area contributed by atoms with Crippen LogP contribution in [0.15, 0.2) is 85.2 Å². The van der Waals surface area contributed by atoms with Crippen molar-refractivity contribution >= 4 is 6.09 Å². The number of amides is 1. The molecule has 1 aromatic heterocycles. The number of rotatable bonds is 5. The van der Waals surface area contributed by atoms with Gasteiger partial charge in [0.05, 0.1) is 6.04 Å². The summed E-state index contributed by atoms with van der Waals surface area (Å²) >= 11 is 0. The molecule has 4 rings (SSSR count). The van der Waals surface area contributed by atoms with Crippen molar-refractivity contribution in [1.29, 1.82) is 0 Å². The summed E-state index contributed by atoms with van der Waals surface area (Å²) in [7, 11) is 0. The van der Waals surface area contributed by atoms with Gasteiger partial charge in [-0.15, -0.1) is 0 Å². The number of hydrogen-bond donors (Lipinski definition) is 0. The molecule has 2 heterocycles. The average molecular weight is 388 g/mol. The van der Waals surface area contributed by atoms with Crippen molar-refractivity contribution in [2.75, 3.05) is 6.54 Å². The zero-order valence-corrected chi connectivity index (χ0v) is 16.6. The standard InChI is InChI=1S/C25H27N2O2/c28-25(29-20-22-12-5-2-6-13-22)27-17-8-7-15-24(27)23-14-9-16-26(19-23)18-21-10-3-1-4-11-21/h1-6,9-14,16,19,24H,7-8,15,17-18,20H2/q+1. The molecular weight excluding hydrogens is 360 g/mol. The summed E-state index contributed by atoms with van der Waals surface area (Å²) < 4.78 is 7.81. The molecule has 3 aromatic rings. The minimum Gasteiger partial charge on any atom is -0.445 e. The van der Waals surface area contributed by atoms with Gasteiger partial charge in [-0.1, -0.05) is 60.7 Å². The maximum absolute atomic E-state index is 12.8. The lowest BCUT2D eigenvalue weighted by molar-refractivity contribution is -0.688. The van der Waals surface area contributed by atoms with Gasteiger partial charge in [-0.3, -0.25) is 0 Å². The fraction of sp³-hybridized carbons (Fsp3) is 0.280. The van der Waals surface area contributed by atoms with Crippen molar-refractivity contribution in [3.05, 3.63) is 102 Å². The second-order valence-electron chi connectivity index (χ2n) is 7.54. The third-order valence-electron chi connectivity index (χ3n) is 5.42. The number of ether oxygens (including phenoxy) is 1. The Morgan fingerprint density at radius 3 is 2.41 bits per heavy atom. The number of likely N-dealkylation sites (tertiary alicyclic amines) is 1. The van der Waals surface area contributed by atoms with Crippen LogP contribution in [0.25, 0.3) is 0 Å². The van der Waals surface area contributed by atoms with Crippen LogP contribution in [0.5, 0.6) is 0 Å². The predicted molar refractivity (Wildman–Crippen MR) is 112 cm³/mol. The molecule has 1 fully saturated rings. The highest BCUT2D eigenvalue weighted by atomic mass is 16.6. The van der Waals surface area contributed by atoms with Crippen LogP contribution in [-0.2, 0) is 17.9 Å². The van der Waals surface area contributed by atoms with Gasteiger partial charge in [-0.05, 0) is 30.9 Å². The first-order chi connectivity index (χ1) is 14.3. The molecular formula is C25H27N2O2+. The monoisotopic (exact) mass is 387 g/mol. The van der Waals surface area contributed by atoms with Crippen LogP contribution in [0.2, 0.25) is 0 Å². The molecule has 1 amide bonds. The smallest absolute Gasteiger partial charge is 0.410 e. The largest absolute Gasteiger partial charge is 0.445 e. The molecule has 0 aliphatic carbocycles. The zero-order valence-electron chi connectivity index (χ0n) is 16.6. The van der Waals surface area contributed by atoms with Crippen molar-refractivity contribution in [1.82, 2.24) is 4.90 Å². The van der Waals surface area contributed by atoms with E-state index in [4.69, 9.17) is 4.74 Å². The first-order valence-corrected chi connectivity index (χ1v) is 10.3. The number of piperidine rings is 1. The van der Waals surface area contributed by atoms with Crippen LogP contribution in [0.4, 0.5) is 4.79 Å². The molecule has 148 valence electrons. The van der Waals surface area contributed by atoms with Gasteiger partial charge in [-0.25, -0.2) is 9.36 Å². The van der Waals surface area contributed by atoms with Crippen LogP contribution >= 0.6 is 0 Å². The van der Waals surface area contributed by atoms with Crippen LogP contribution in [0.1, 0.15) is 42.0 Å². The Morgan fingerprint density at radius 1 is 0.931 bits per heavy atom. The lowest BCUT2D eigenvalue weighted by atomic mass is 9.97. The van der Waals surface area contributed by atoms with E-state index in [2.05, 4.69) is 53.4 Å². The Hall–Kier alpha value is -3.14. The number of nitrogens with zero attached hydrogens (tertiary/aromatic N) is 2. The molecule has 4 heteroatoms. The molecule has 0 N–H and O–H groups in total. The molecule has 1 atom stereocenters. The van der Waals surface area contributed by atoms with E-state index in [0.29, 0.717) is 6.61 Å². The highest BCUT2D eigenvalue weighted by Crippen LogP contribution is 2.31. The molecule has 2 aromatic carbocycles. The summed E-state index contributed by atoms with van der Waals surface area (Å²) in [5.74, 6) is 0. The molecule has 29 heavy (non-hydrogen) atoms. The lowest BCUT2D eigenvalue weighted by Gasteiger charge is -2.34. The van der Waals surface area contributed by atoms with Gasteiger partial charge in [0, 0.05) is 23.7 Å². The van der Waals surface area contributed by atoms with Gasteiger partial charge in [0.15, 0.2) is 18.9 Å². The third kappa shape index (κ3) is 5.02. The molecule has 0 saturated carbocycles. The highest BCUT2D eigenvalue weighted by Gasteiger charge is 2.30. The molecule has 1 aliphatic heterocycles. The van der Waals surface area contributed by atoms with Crippen LogP contribution in [0.3, 0.4) is 0 Å². The Kier molecular flexibility index (Phi) is 6.20. The fourth-order valence-electron chi connectivity index (χ4n) is 3.93. The van der Waals surface area contributed by atoms with E-state index in [1.807, 2.05) is 41.3 Å². The SMILES string of the molecule is O=C(OCc1ccccc1)N1CCCCC1c1ccc[n+](Cc2ccccc2)c1. The maximum Gasteiger partial charge on any atom is 0.410 e. The summed E-state index contributed by atoms with van der Waals surface area (Å²) in [6, 6.07) is 24.5. The van der Waals surface area contributed by atoms with Gasteiger partial charge in [0.25, 0.3) is 0 Å². The molecule has 4 nitrogen and oxygen atoms in total. The van der Waals surface area contributed by atoms with Gasteiger partial charge in [0.2, 0.25) is 0 Å². The van der Waals surface area contributed by atoms with E-state index >= 15 is 0 Å². The first kappa shape index (κ1) is 19.2. The van der Waals surface area contributed by atoms with Crippen LogP contribution in [0, 0.1) is 0 Å². The molecule has 1 saturated heterocycles. The molecule has 1 aliphatic rings. The lowest BCUT2D eigenvalue weighted by Crippen LogP contribution is -2.41. The highest BCUT2D eigenvalue weighted by molar-refractivity contribution is 5.68. The number of benzene rings is 2. The quantitative estimate of drug-likeness (QED) is 0.584. The topological polar surface area (TPSA) is 33.4 Å². The van der Waals surface area contributed by atoms with E-state index in [1.165, 1.54) is 11.1 Å². The third-order valence-corrected chi connectivity index (χ3v) is 5.42. The molecule has 1 unspecified atom stereocenters. The number of aromatic nitrogens is 1. The summed E-state index contributed by atoms with van der Waals surface area (Å²) in [5.41, 5.74) is 3.44. The van der Waals surface area contributed by atoms with Gasteiger partial charge in [-0.2, -0.15) is 0 Å². The Labute approximate surface area is 172 Å². The first-order valence-electron chi connectivity index (χ1n) is 10.3. The van der Waals surface area contributed by atoms with E-state index in [9.17, 15) is 4.79 Å². The molecule has 0 radical (unpaired) electrons. The van der Waals surface area contributed by atoms with Crippen molar-refractivity contribution in [3.8, 4) is 0 Å². The summed E-state index contributed by atoms with van der Waals surface area (Å²) in [6.45, 7) is 1.87. The number of carbonyl (C=O) groups excluding carboxylic acids is 1. The number of carbonyl (C=O) groups is 1. The molecule has 0 spiro atoms. The van der Waals surface area contributed by atoms with Crippen molar-refractivity contribution in [2.24, 2.45) is 0 Å². The summed E-state index contributed by atoms with van der Waals surface area (Å²) in [4.78, 5) is 14.7. The van der Waals surface area contributed by atoms with E-state index in [-0.39, 0.29) is 12.1 Å². The Balaban J connectivity index is 1.47. The zero-order chi connectivity index (χ0) is 19.9. The van der Waals surface area contributed by atoms with Gasteiger partial charge < -0.3 is 9.64 Å². The fourth-order valence-corrected chi connectivity index (χ4v) is 3.93. The second-order valence-corrected chi connectivity index (χ2v) is 7.54. The maximum atomic E-state index is 12.8. The predicted octanol–water partition coefficient (Wildman–Crippen LogP) is 4.89. The normalized spacial score (nSPS) is 16.4. The average Bonchev–Trinajstić information content (AvgIpc) is 2.79. The minimum absolute atomic E-state index is 0.0650. The van der Waals surface area contributed by atoms with Crippen LogP contribution < -0.4 is 4.57 Å². The van der Waals surface area contributed by atoms with E-state index in [1.54, 1.807) is 0 Å². The summed E-state index contributed by atoms with van der Waals surface area (Å²) in [5, 5.41) is 0. The minimum atomic E-state index is -0.225. The van der Waals surface area contributed by atoms with Gasteiger partial charge in [0.1, 0.15) is 6.61 Å². The Morgan fingerprint density at radius 2 is 1.66 bits per heavy atom. The van der Waals surface area contributed by atoms with Crippen LogP contribution in [-0.4, -0.2) is 17.5 Å². The van der Waals surface area contributed by atoms with Crippen molar-refractivity contribution < 1.29 is 14.1 Å². The second kappa shape index (κ2) is 9.37. The van der Waals surface area contributed by atoms with E-state index < -0.39 is 0 Å². The van der Waals surface area contributed by atoms with Crippen molar-refractivity contribution in [3.63, 3.8) is 0 Å². The Bertz CT molecular complexity index is 928.